The van der Waals surface area contributed by atoms with E-state index in [0.717, 1.165) is 31.0 Å². The SMILES string of the molecule is CCCCC1CN2CC(C)(C)c3cc(OC)c(OC)cc3C2CC1N. The number of ether oxygens (including phenoxy) is 2. The van der Waals surface area contributed by atoms with E-state index < -0.39 is 0 Å². The molecule has 0 saturated carbocycles. The average molecular weight is 347 g/mol. The Hall–Kier alpha value is -1.26. The molecule has 0 aliphatic carbocycles. The number of fused-ring (bicyclic) bond motifs is 3. The molecule has 1 fully saturated rings. The third-order valence-electron chi connectivity index (χ3n) is 6.18. The van der Waals surface area contributed by atoms with Crippen LogP contribution < -0.4 is 15.2 Å². The van der Waals surface area contributed by atoms with E-state index in [1.165, 1.54) is 30.4 Å². The number of nitrogens with zero attached hydrogens (tertiary/aromatic N) is 1. The highest BCUT2D eigenvalue weighted by atomic mass is 16.5. The van der Waals surface area contributed by atoms with Crippen LogP contribution in [0, 0.1) is 5.92 Å². The topological polar surface area (TPSA) is 47.7 Å². The lowest BCUT2D eigenvalue weighted by atomic mass is 9.71. The molecular weight excluding hydrogens is 312 g/mol. The molecule has 0 bridgehead atoms. The highest BCUT2D eigenvalue weighted by Gasteiger charge is 2.43. The molecule has 1 aromatic rings. The Balaban J connectivity index is 1.96. The zero-order valence-electron chi connectivity index (χ0n) is 16.5. The lowest BCUT2D eigenvalue weighted by Gasteiger charge is -2.51. The standard InChI is InChI=1S/C21H34N2O2/c1-6-7-8-14-12-23-13-21(2,3)16-10-20(25-5)19(24-4)9-15(16)18(23)11-17(14)22/h9-10,14,17-18H,6-8,11-13,22H2,1-5H3. The van der Waals surface area contributed by atoms with Gasteiger partial charge < -0.3 is 15.2 Å². The molecular formula is C21H34N2O2. The molecule has 3 rings (SSSR count). The highest BCUT2D eigenvalue weighted by Crippen LogP contribution is 2.48. The van der Waals surface area contributed by atoms with Crippen molar-refractivity contribution in [1.29, 1.82) is 0 Å². The zero-order valence-corrected chi connectivity index (χ0v) is 16.5. The van der Waals surface area contributed by atoms with E-state index >= 15 is 0 Å². The Morgan fingerprint density at radius 2 is 1.88 bits per heavy atom. The first-order chi connectivity index (χ1) is 11.9. The van der Waals surface area contributed by atoms with Gasteiger partial charge in [-0.15, -0.1) is 0 Å². The number of nitrogens with two attached hydrogens (primary N) is 1. The molecule has 140 valence electrons. The first-order valence-electron chi connectivity index (χ1n) is 9.67. The number of methoxy groups -OCH3 is 2. The predicted octanol–water partition coefficient (Wildman–Crippen LogP) is 3.88. The van der Waals surface area contributed by atoms with E-state index in [-0.39, 0.29) is 11.5 Å². The van der Waals surface area contributed by atoms with E-state index in [2.05, 4.69) is 37.8 Å². The Morgan fingerprint density at radius 3 is 2.52 bits per heavy atom. The summed E-state index contributed by atoms with van der Waals surface area (Å²) in [5.41, 5.74) is 9.45. The van der Waals surface area contributed by atoms with Gasteiger partial charge in [0.1, 0.15) is 0 Å². The number of piperidine rings is 1. The fraction of sp³-hybridized carbons (Fsp3) is 0.714. The number of hydrogen-bond donors (Lipinski definition) is 1. The van der Waals surface area contributed by atoms with Crippen LogP contribution in [-0.2, 0) is 5.41 Å². The molecule has 2 aliphatic rings. The molecule has 2 aliphatic heterocycles. The quantitative estimate of drug-likeness (QED) is 0.879. The fourth-order valence-corrected chi connectivity index (χ4v) is 4.78. The van der Waals surface area contributed by atoms with Crippen LogP contribution in [0.5, 0.6) is 11.5 Å². The lowest BCUT2D eigenvalue weighted by Crippen LogP contribution is -2.54. The molecule has 0 radical (unpaired) electrons. The molecule has 1 saturated heterocycles. The minimum atomic E-state index is 0.0993. The van der Waals surface area contributed by atoms with Crippen LogP contribution >= 0.6 is 0 Å². The Bertz CT molecular complexity index is 614. The van der Waals surface area contributed by atoms with Gasteiger partial charge in [-0.3, -0.25) is 4.90 Å². The van der Waals surface area contributed by atoms with Gasteiger partial charge in [0.05, 0.1) is 14.2 Å². The van der Waals surface area contributed by atoms with Crippen molar-refractivity contribution in [2.45, 2.75) is 64.0 Å². The molecule has 0 amide bonds. The van der Waals surface area contributed by atoms with Crippen molar-refractivity contribution in [2.75, 3.05) is 27.3 Å². The summed E-state index contributed by atoms with van der Waals surface area (Å²) in [6, 6.07) is 5.05. The number of hydrogen-bond acceptors (Lipinski definition) is 4. The molecule has 4 nitrogen and oxygen atoms in total. The van der Waals surface area contributed by atoms with Crippen molar-refractivity contribution in [3.63, 3.8) is 0 Å². The number of rotatable bonds is 5. The molecule has 4 heteroatoms. The summed E-state index contributed by atoms with van der Waals surface area (Å²) >= 11 is 0. The largest absolute Gasteiger partial charge is 0.493 e. The molecule has 1 aromatic carbocycles. The molecule has 3 atom stereocenters. The zero-order chi connectivity index (χ0) is 18.2. The van der Waals surface area contributed by atoms with Crippen LogP contribution in [0.4, 0.5) is 0 Å². The van der Waals surface area contributed by atoms with Crippen LogP contribution in [0.25, 0.3) is 0 Å². The fourth-order valence-electron chi connectivity index (χ4n) is 4.78. The van der Waals surface area contributed by atoms with Gasteiger partial charge in [0.15, 0.2) is 11.5 Å². The van der Waals surface area contributed by atoms with E-state index in [1.807, 2.05) is 0 Å². The van der Waals surface area contributed by atoms with Gasteiger partial charge in [-0.1, -0.05) is 33.6 Å². The third-order valence-corrected chi connectivity index (χ3v) is 6.18. The summed E-state index contributed by atoms with van der Waals surface area (Å²) in [6.07, 6.45) is 4.81. The summed E-state index contributed by atoms with van der Waals surface area (Å²) in [5, 5.41) is 0. The summed E-state index contributed by atoms with van der Waals surface area (Å²) in [4.78, 5) is 2.66. The van der Waals surface area contributed by atoms with E-state index in [0.29, 0.717) is 12.0 Å². The maximum Gasteiger partial charge on any atom is 0.161 e. The summed E-state index contributed by atoms with van der Waals surface area (Å²) < 4.78 is 11.1. The minimum Gasteiger partial charge on any atom is -0.493 e. The van der Waals surface area contributed by atoms with Crippen LogP contribution in [0.1, 0.15) is 63.6 Å². The Kier molecular flexibility index (Phi) is 5.31. The van der Waals surface area contributed by atoms with Crippen molar-refractivity contribution < 1.29 is 9.47 Å². The van der Waals surface area contributed by atoms with Crippen molar-refractivity contribution >= 4 is 0 Å². The van der Waals surface area contributed by atoms with Crippen LogP contribution in [0.15, 0.2) is 12.1 Å². The molecule has 2 N–H and O–H groups in total. The second kappa shape index (κ2) is 7.16. The normalized spacial score (nSPS) is 28.2. The van der Waals surface area contributed by atoms with Crippen LogP contribution in [0.3, 0.4) is 0 Å². The van der Waals surface area contributed by atoms with Gasteiger partial charge in [-0.25, -0.2) is 0 Å². The molecule has 0 aromatic heterocycles. The van der Waals surface area contributed by atoms with E-state index in [9.17, 15) is 0 Å². The van der Waals surface area contributed by atoms with Gasteiger partial charge >= 0.3 is 0 Å². The Labute approximate surface area is 152 Å². The van der Waals surface area contributed by atoms with Gasteiger partial charge in [0.25, 0.3) is 0 Å². The van der Waals surface area contributed by atoms with E-state index in [4.69, 9.17) is 15.2 Å². The van der Waals surface area contributed by atoms with Gasteiger partial charge in [0, 0.05) is 30.6 Å². The van der Waals surface area contributed by atoms with Gasteiger partial charge in [-0.05, 0) is 42.0 Å². The first-order valence-corrected chi connectivity index (χ1v) is 9.67. The number of benzene rings is 1. The second-order valence-electron chi connectivity index (χ2n) is 8.43. The predicted molar refractivity (Wildman–Crippen MR) is 102 cm³/mol. The van der Waals surface area contributed by atoms with Gasteiger partial charge in [0.2, 0.25) is 0 Å². The monoisotopic (exact) mass is 346 g/mol. The molecule has 25 heavy (non-hydrogen) atoms. The molecule has 0 spiro atoms. The minimum absolute atomic E-state index is 0.0993. The van der Waals surface area contributed by atoms with Crippen LogP contribution in [-0.4, -0.2) is 38.3 Å². The lowest BCUT2D eigenvalue weighted by molar-refractivity contribution is 0.0540. The third kappa shape index (κ3) is 3.39. The smallest absolute Gasteiger partial charge is 0.161 e. The number of unbranched alkanes of at least 4 members (excludes halogenated alkanes) is 1. The van der Waals surface area contributed by atoms with Crippen molar-refractivity contribution in [3.8, 4) is 11.5 Å². The van der Waals surface area contributed by atoms with Gasteiger partial charge in [-0.2, -0.15) is 0 Å². The van der Waals surface area contributed by atoms with Crippen LogP contribution in [0.2, 0.25) is 0 Å². The summed E-state index contributed by atoms with van der Waals surface area (Å²) in [6.45, 7) is 9.13. The summed E-state index contributed by atoms with van der Waals surface area (Å²) in [5.74, 6) is 2.26. The average Bonchev–Trinajstić information content (AvgIpc) is 2.59. The molecule has 2 heterocycles. The first kappa shape index (κ1) is 18.5. The maximum atomic E-state index is 6.60. The second-order valence-corrected chi connectivity index (χ2v) is 8.43. The maximum absolute atomic E-state index is 6.60. The molecule has 3 unspecified atom stereocenters. The highest BCUT2D eigenvalue weighted by molar-refractivity contribution is 5.52. The van der Waals surface area contributed by atoms with Crippen molar-refractivity contribution in [1.82, 2.24) is 4.90 Å². The summed E-state index contributed by atoms with van der Waals surface area (Å²) in [7, 11) is 3.42. The van der Waals surface area contributed by atoms with Crippen molar-refractivity contribution in [3.05, 3.63) is 23.3 Å². The van der Waals surface area contributed by atoms with Crippen molar-refractivity contribution in [2.24, 2.45) is 11.7 Å². The Morgan fingerprint density at radius 1 is 1.20 bits per heavy atom. The van der Waals surface area contributed by atoms with E-state index in [1.54, 1.807) is 14.2 Å².